The van der Waals surface area contributed by atoms with Crippen LogP contribution in [0.25, 0.3) is 0 Å². The Hall–Kier alpha value is -0.420. The van der Waals surface area contributed by atoms with Gasteiger partial charge in [-0.3, -0.25) is 9.32 Å². The molecule has 0 radical (unpaired) electrons. The number of hydrogen-bond acceptors (Lipinski definition) is 5. The zero-order valence-electron chi connectivity index (χ0n) is 14.0. The molecule has 126 valence electrons. The van der Waals surface area contributed by atoms with E-state index in [1.807, 2.05) is 27.7 Å². The first-order chi connectivity index (χ1) is 9.77. The summed E-state index contributed by atoms with van der Waals surface area (Å²) in [4.78, 5) is 11.9. The molecule has 2 atom stereocenters. The van der Waals surface area contributed by atoms with Gasteiger partial charge in [0, 0.05) is 7.11 Å². The van der Waals surface area contributed by atoms with Gasteiger partial charge in [0.05, 0.1) is 6.61 Å². The number of rotatable bonds is 11. The molecule has 0 saturated carbocycles. The number of nitrogens with one attached hydrogen (secondary N) is 1. The molecule has 0 aliphatic rings. The molecule has 0 fully saturated rings. The molecular weight excluding hydrogens is 293 g/mol. The summed E-state index contributed by atoms with van der Waals surface area (Å²) in [6.07, 6.45) is 2.15. The van der Waals surface area contributed by atoms with Gasteiger partial charge in [0.1, 0.15) is 12.1 Å². The zero-order valence-corrected chi connectivity index (χ0v) is 14.9. The predicted octanol–water partition coefficient (Wildman–Crippen LogP) is 3.51. The van der Waals surface area contributed by atoms with E-state index >= 15 is 0 Å². The quantitative estimate of drug-likeness (QED) is 0.463. The van der Waals surface area contributed by atoms with Crippen molar-refractivity contribution in [3.8, 4) is 0 Å². The topological polar surface area (TPSA) is 73.9 Å². The van der Waals surface area contributed by atoms with Gasteiger partial charge >= 0.3 is 13.7 Å². The second kappa shape index (κ2) is 10.3. The molecular formula is C14H30NO5P. The Labute approximate surface area is 128 Å². The molecule has 0 aliphatic heterocycles. The van der Waals surface area contributed by atoms with Gasteiger partial charge in [-0.1, -0.05) is 27.7 Å². The smallest absolute Gasteiger partial charge is 0.405 e. The van der Waals surface area contributed by atoms with Crippen LogP contribution in [-0.4, -0.2) is 31.8 Å². The van der Waals surface area contributed by atoms with E-state index in [0.717, 1.165) is 19.3 Å². The summed E-state index contributed by atoms with van der Waals surface area (Å²) in [5.41, 5.74) is 0. The van der Waals surface area contributed by atoms with Crippen LogP contribution in [0.5, 0.6) is 0 Å². The highest BCUT2D eigenvalue weighted by Gasteiger charge is 2.30. The van der Waals surface area contributed by atoms with Crippen molar-refractivity contribution in [2.75, 3.05) is 13.7 Å². The SMILES string of the molecule is CCC(CC)OC(=O)C(C)NP(=O)(OC)OCCC(C)C. The van der Waals surface area contributed by atoms with Crippen LogP contribution in [0.3, 0.4) is 0 Å². The highest BCUT2D eigenvalue weighted by Crippen LogP contribution is 2.43. The van der Waals surface area contributed by atoms with Crippen molar-refractivity contribution in [2.24, 2.45) is 5.92 Å². The van der Waals surface area contributed by atoms with E-state index in [1.165, 1.54) is 7.11 Å². The molecule has 2 unspecified atom stereocenters. The van der Waals surface area contributed by atoms with E-state index in [0.29, 0.717) is 12.5 Å². The minimum absolute atomic E-state index is 0.120. The Morgan fingerprint density at radius 2 is 1.76 bits per heavy atom. The maximum absolute atomic E-state index is 12.3. The van der Waals surface area contributed by atoms with Gasteiger partial charge in [-0.25, -0.2) is 9.65 Å². The Balaban J connectivity index is 4.44. The summed E-state index contributed by atoms with van der Waals surface area (Å²) in [6, 6.07) is -0.754. The largest absolute Gasteiger partial charge is 0.461 e. The number of ether oxygens (including phenoxy) is 1. The monoisotopic (exact) mass is 323 g/mol. The van der Waals surface area contributed by atoms with Crippen LogP contribution >= 0.6 is 7.75 Å². The highest BCUT2D eigenvalue weighted by atomic mass is 31.2. The van der Waals surface area contributed by atoms with Gasteiger partial charge in [-0.15, -0.1) is 0 Å². The average molecular weight is 323 g/mol. The van der Waals surface area contributed by atoms with Crippen LogP contribution in [0.4, 0.5) is 0 Å². The average Bonchev–Trinajstić information content (AvgIpc) is 2.43. The van der Waals surface area contributed by atoms with Crippen molar-refractivity contribution in [3.05, 3.63) is 0 Å². The van der Waals surface area contributed by atoms with E-state index in [-0.39, 0.29) is 6.10 Å². The molecule has 0 aromatic heterocycles. The minimum atomic E-state index is -3.48. The van der Waals surface area contributed by atoms with Crippen LogP contribution < -0.4 is 5.09 Å². The summed E-state index contributed by atoms with van der Waals surface area (Å²) in [5, 5.41) is 2.61. The Bertz CT molecular complexity index is 344. The van der Waals surface area contributed by atoms with Crippen molar-refractivity contribution in [1.82, 2.24) is 5.09 Å². The highest BCUT2D eigenvalue weighted by molar-refractivity contribution is 7.51. The molecule has 0 saturated heterocycles. The summed E-state index contributed by atoms with van der Waals surface area (Å²) >= 11 is 0. The lowest BCUT2D eigenvalue weighted by molar-refractivity contribution is -0.151. The summed E-state index contributed by atoms with van der Waals surface area (Å²) in [7, 11) is -2.18. The van der Waals surface area contributed by atoms with Crippen molar-refractivity contribution in [3.63, 3.8) is 0 Å². The van der Waals surface area contributed by atoms with Gasteiger partial charge in [0.15, 0.2) is 0 Å². The van der Waals surface area contributed by atoms with Crippen LogP contribution in [0.2, 0.25) is 0 Å². The minimum Gasteiger partial charge on any atom is -0.461 e. The van der Waals surface area contributed by atoms with E-state index in [2.05, 4.69) is 5.09 Å². The standard InChI is InChI=1S/C14H30NO5P/c1-7-13(8-2)20-14(16)12(5)15-21(17,18-6)19-10-9-11(3)4/h11-13H,7-10H2,1-6H3,(H,15,17). The molecule has 0 heterocycles. The number of hydrogen-bond donors (Lipinski definition) is 1. The molecule has 6 nitrogen and oxygen atoms in total. The van der Waals surface area contributed by atoms with Crippen LogP contribution in [-0.2, 0) is 23.1 Å². The molecule has 0 amide bonds. The second-order valence-electron chi connectivity index (χ2n) is 5.42. The molecule has 0 aliphatic carbocycles. The lowest BCUT2D eigenvalue weighted by Gasteiger charge is -2.23. The van der Waals surface area contributed by atoms with Gasteiger partial charge in [-0.05, 0) is 32.1 Å². The lowest BCUT2D eigenvalue weighted by Crippen LogP contribution is -2.36. The Kier molecular flexibility index (Phi) is 10.1. The normalized spacial score (nSPS) is 16.0. The van der Waals surface area contributed by atoms with Gasteiger partial charge < -0.3 is 9.26 Å². The third kappa shape index (κ3) is 8.57. The van der Waals surface area contributed by atoms with Crippen molar-refractivity contribution in [1.29, 1.82) is 0 Å². The van der Waals surface area contributed by atoms with Crippen LogP contribution in [0.1, 0.15) is 53.9 Å². The van der Waals surface area contributed by atoms with Crippen LogP contribution in [0.15, 0.2) is 0 Å². The molecule has 0 aromatic rings. The number of esters is 1. The van der Waals surface area contributed by atoms with E-state index in [1.54, 1.807) is 6.92 Å². The first kappa shape index (κ1) is 20.6. The van der Waals surface area contributed by atoms with Gasteiger partial charge in [0.25, 0.3) is 0 Å². The van der Waals surface area contributed by atoms with Crippen LogP contribution in [0, 0.1) is 5.92 Å². The van der Waals surface area contributed by atoms with E-state index in [4.69, 9.17) is 13.8 Å². The fourth-order valence-electron chi connectivity index (χ4n) is 1.56. The van der Waals surface area contributed by atoms with E-state index in [9.17, 15) is 9.36 Å². The second-order valence-corrected chi connectivity index (χ2v) is 7.30. The summed E-state index contributed by atoms with van der Waals surface area (Å²) in [6.45, 7) is 9.89. The fourth-order valence-corrected chi connectivity index (χ4v) is 2.77. The Morgan fingerprint density at radius 3 is 2.19 bits per heavy atom. The van der Waals surface area contributed by atoms with Gasteiger partial charge in [0.2, 0.25) is 0 Å². The maximum Gasteiger partial charge on any atom is 0.405 e. The number of carbonyl (C=O) groups excluding carboxylic acids is 1. The van der Waals surface area contributed by atoms with Crippen molar-refractivity contribution in [2.45, 2.75) is 66.0 Å². The first-order valence-electron chi connectivity index (χ1n) is 7.56. The van der Waals surface area contributed by atoms with Crippen molar-refractivity contribution >= 4 is 13.7 Å². The maximum atomic E-state index is 12.3. The summed E-state index contributed by atoms with van der Waals surface area (Å²) < 4.78 is 27.8. The third-order valence-electron chi connectivity index (χ3n) is 3.10. The van der Waals surface area contributed by atoms with Gasteiger partial charge in [-0.2, -0.15) is 0 Å². The molecule has 0 rings (SSSR count). The lowest BCUT2D eigenvalue weighted by atomic mass is 10.2. The molecule has 1 N–H and O–H groups in total. The third-order valence-corrected chi connectivity index (χ3v) is 4.80. The number of carbonyl (C=O) groups is 1. The molecule has 0 bridgehead atoms. The zero-order chi connectivity index (χ0) is 16.5. The fraction of sp³-hybridized carbons (Fsp3) is 0.929. The molecule has 0 spiro atoms. The summed E-state index contributed by atoms with van der Waals surface area (Å²) in [5.74, 6) is -0.0130. The van der Waals surface area contributed by atoms with Crippen molar-refractivity contribution < 1.29 is 23.1 Å². The predicted molar refractivity (Wildman–Crippen MR) is 83.1 cm³/mol. The molecule has 0 aromatic carbocycles. The van der Waals surface area contributed by atoms with E-state index < -0.39 is 19.8 Å². The molecule has 7 heteroatoms. The first-order valence-corrected chi connectivity index (χ1v) is 9.10. The Morgan fingerprint density at radius 1 is 1.19 bits per heavy atom. The molecule has 21 heavy (non-hydrogen) atoms.